The molecule has 15 amide bonds. The number of aliphatic hydroxyl groups is 1. The number of phenols is 1. The molecule has 9 rings (SSSR count). The maximum atomic E-state index is 15.5. The molecule has 0 aliphatic carbocycles. The molecular weight excluding hydrogens is 1620 g/mol. The highest BCUT2D eigenvalue weighted by atomic mass is 16.3. The van der Waals surface area contributed by atoms with Gasteiger partial charge in [-0.25, -0.2) is 4.98 Å². The Bertz CT molecular complexity index is 4850. The number of carbonyl (C=O) groups excluding carboxylic acids is 16. The number of H-pyrrole nitrogens is 3. The average molecular weight is 1750 g/mol. The first-order chi connectivity index (χ1) is 60.0. The molecule has 37 heteroatoms. The Labute approximate surface area is 731 Å². The number of amides is 15. The van der Waals surface area contributed by atoms with Crippen molar-refractivity contribution in [1.29, 1.82) is 0 Å². The van der Waals surface area contributed by atoms with E-state index in [4.69, 9.17) is 5.73 Å². The molecule has 3 aliphatic heterocycles. The maximum Gasteiger partial charge on any atom is 0.246 e. The number of Topliss-reactive ketones (excluding diaryl/α,β-unsaturated/α-hetero) is 1. The third kappa shape index (κ3) is 26.5. The number of hydrogen-bond donors (Lipinski definition) is 15. The van der Waals surface area contributed by atoms with Gasteiger partial charge in [0, 0.05) is 126 Å². The number of ketones is 1. The van der Waals surface area contributed by atoms with Gasteiger partial charge in [0.2, 0.25) is 88.6 Å². The maximum absolute atomic E-state index is 15.5. The molecule has 3 fully saturated rings. The summed E-state index contributed by atoms with van der Waals surface area (Å²) in [5.74, 6) is -14.7. The molecule has 16 N–H and O–H groups in total. The lowest BCUT2D eigenvalue weighted by atomic mass is 9.90. The van der Waals surface area contributed by atoms with Crippen molar-refractivity contribution < 1.29 is 86.9 Å². The third-order valence-corrected chi connectivity index (χ3v) is 23.5. The minimum atomic E-state index is -1.72. The molecular formula is C89H123N19O18. The predicted molar refractivity (Wildman–Crippen MR) is 464 cm³/mol. The molecule has 0 saturated carbocycles. The summed E-state index contributed by atoms with van der Waals surface area (Å²) in [6.45, 7) is 10.2. The van der Waals surface area contributed by atoms with Gasteiger partial charge < -0.3 is 103 Å². The minimum absolute atomic E-state index is 0.0237. The SMILES string of the molecule is CCCC[C@H]1C(=O)N(C)[C@@H](CCCC)C(=O)N[C@@H](CC(C)C)C(=O)NCC(=O)NCCC(=O)N[C@@H](Cc2ccc(O)cc2)C(=O)N(C)[C@@H](C)C(=O)N[C@@H](CC(N)=O)C(=O)N2CCC[C@H]2C(=O)N[C@@H](Cc2c[nH]cn2)C(=O)N[C@@H](CC(C)C)C(=O)N2C[C@H](O)C[C@H]2C(=O)C[C@@H](Cc2c[nH]c3ccccc23)C(=O)NCC(=O)N[C@@H](Cc2c[nH]c3ccccc23)C(=O)N1C. The van der Waals surface area contributed by atoms with E-state index in [1.165, 1.54) is 74.7 Å². The Hall–Kier alpha value is -12.6. The Morgan fingerprint density at radius 1 is 0.532 bits per heavy atom. The first-order valence-corrected chi connectivity index (χ1v) is 43.4. The fourth-order valence-corrected chi connectivity index (χ4v) is 16.4. The molecule has 3 aromatic heterocycles. The number of phenolic OH excluding ortho intramolecular Hbond substituents is 1. The van der Waals surface area contributed by atoms with Gasteiger partial charge in [0.05, 0.1) is 43.7 Å². The predicted octanol–water partition coefficient (Wildman–Crippen LogP) is 1.39. The topological polar surface area (TPSA) is 524 Å². The molecule has 0 radical (unpaired) electrons. The van der Waals surface area contributed by atoms with Crippen LogP contribution >= 0.6 is 0 Å². The van der Waals surface area contributed by atoms with Crippen LogP contribution < -0.4 is 53.6 Å². The van der Waals surface area contributed by atoms with Crippen molar-refractivity contribution in [3.05, 3.63) is 120 Å². The van der Waals surface area contributed by atoms with Crippen LogP contribution in [0.25, 0.3) is 21.8 Å². The number of aromatic nitrogens is 4. The Kier molecular flexibility index (Phi) is 35.4. The molecule has 0 spiro atoms. The number of aromatic amines is 3. The zero-order valence-electron chi connectivity index (χ0n) is 73.3. The summed E-state index contributed by atoms with van der Waals surface area (Å²) in [6.07, 6.45) is 4.81. The van der Waals surface area contributed by atoms with E-state index in [-0.39, 0.29) is 114 Å². The molecule has 13 atom stereocenters. The van der Waals surface area contributed by atoms with Gasteiger partial charge in [-0.2, -0.15) is 0 Å². The summed E-state index contributed by atoms with van der Waals surface area (Å²) in [5.41, 5.74) is 9.11. The molecule has 126 heavy (non-hydrogen) atoms. The zero-order valence-corrected chi connectivity index (χ0v) is 73.3. The van der Waals surface area contributed by atoms with Crippen LogP contribution in [0.4, 0.5) is 0 Å². The van der Waals surface area contributed by atoms with E-state index in [0.717, 1.165) is 31.0 Å². The lowest BCUT2D eigenvalue weighted by molar-refractivity contribution is -0.149. The van der Waals surface area contributed by atoms with Crippen LogP contribution in [0.2, 0.25) is 0 Å². The van der Waals surface area contributed by atoms with Crippen LogP contribution in [-0.2, 0) is 102 Å². The van der Waals surface area contributed by atoms with E-state index in [1.807, 2.05) is 70.2 Å². The number of carbonyl (C=O) groups is 16. The van der Waals surface area contributed by atoms with Gasteiger partial charge in [0.15, 0.2) is 5.78 Å². The zero-order chi connectivity index (χ0) is 91.8. The monoisotopic (exact) mass is 1750 g/mol. The highest BCUT2D eigenvalue weighted by molar-refractivity contribution is 6.02. The molecule has 6 aromatic rings. The number of primary amides is 1. The number of nitrogens with zero attached hydrogens (tertiary/aromatic N) is 6. The van der Waals surface area contributed by atoms with Crippen molar-refractivity contribution in [1.82, 2.24) is 92.3 Å². The lowest BCUT2D eigenvalue weighted by Gasteiger charge is -2.36. The van der Waals surface area contributed by atoms with Crippen molar-refractivity contribution in [3.8, 4) is 5.75 Å². The molecule has 3 aliphatic rings. The van der Waals surface area contributed by atoms with E-state index in [0.29, 0.717) is 47.9 Å². The quantitative estimate of drug-likeness (QED) is 0.0513. The number of aliphatic hydroxyl groups excluding tert-OH is 1. The standard InChI is InChI=1S/C89H123N19O18/c1-11-13-24-70-83(120)100-64(34-50(3)4)81(118)96-46-77(114)92-32-31-76(113)98-67(36-53-27-29-58(109)30-28-53)85(122)104(8)52(7)79(116)102-69(42-75(90)112)87(124)107-33-19-26-71(107)84(121)101-65(40-57-45-91-49-97-57)82(119)103-66(35-51(5)6)88(125)108-48-59(110)41-73(108)74(111)39-54(37-55-43-93-62-22-17-15-20-60(55)62)80(117)95-47-78(115)99-68(38-56-44-94-63-23-18-16-21-61(56)63)86(123)106(10)72(25-14-12-2)89(126)105(70)9/h15-18,20-23,27-30,43-45,49-52,54,59,64-73,93-94,109-110H,11-14,19,24-26,31-42,46-48H2,1-10H3,(H2,90,112)(H,91,97)(H,92,114)(H,95,117)(H,96,118)(H,98,113)(H,99,115)(H,100,120)(H,101,121)(H,102,116)(H,103,119)/t52-,54+,59+,64-,65-,66-,67-,68-,69-,70-,71-,72-,73-/m0/s1. The van der Waals surface area contributed by atoms with Crippen molar-refractivity contribution in [3.63, 3.8) is 0 Å². The number of imidazole rings is 1. The number of benzene rings is 3. The first kappa shape index (κ1) is 97.2. The number of fused-ring (bicyclic) bond motifs is 4. The summed E-state index contributed by atoms with van der Waals surface area (Å²) >= 11 is 0. The Morgan fingerprint density at radius 2 is 1.09 bits per heavy atom. The van der Waals surface area contributed by atoms with Crippen LogP contribution in [0, 0.1) is 17.8 Å². The van der Waals surface area contributed by atoms with Gasteiger partial charge in [-0.1, -0.05) is 116 Å². The Morgan fingerprint density at radius 3 is 1.71 bits per heavy atom. The summed E-state index contributed by atoms with van der Waals surface area (Å²) in [4.78, 5) is 253. The molecule has 37 nitrogen and oxygen atoms in total. The van der Waals surface area contributed by atoms with Crippen LogP contribution in [0.1, 0.15) is 161 Å². The molecule has 682 valence electrons. The van der Waals surface area contributed by atoms with Gasteiger partial charge >= 0.3 is 0 Å². The summed E-state index contributed by atoms with van der Waals surface area (Å²) in [5, 5.41) is 47.3. The van der Waals surface area contributed by atoms with E-state index >= 15 is 28.8 Å². The molecule has 3 saturated heterocycles. The minimum Gasteiger partial charge on any atom is -0.508 e. The van der Waals surface area contributed by atoms with E-state index in [1.54, 1.807) is 32.3 Å². The van der Waals surface area contributed by atoms with E-state index in [2.05, 4.69) is 67.8 Å². The molecule has 6 heterocycles. The van der Waals surface area contributed by atoms with Crippen molar-refractivity contribution >= 4 is 116 Å². The van der Waals surface area contributed by atoms with Crippen LogP contribution in [0.15, 0.2) is 97.7 Å². The number of nitrogens with one attached hydrogen (secondary N) is 12. The van der Waals surface area contributed by atoms with Gasteiger partial charge in [0.1, 0.15) is 66.2 Å². The molecule has 3 aromatic carbocycles. The Balaban J connectivity index is 1.04. The largest absolute Gasteiger partial charge is 0.508 e. The fourth-order valence-electron chi connectivity index (χ4n) is 16.4. The highest BCUT2D eigenvalue weighted by Gasteiger charge is 2.46. The number of nitrogens with two attached hydrogens (primary N) is 1. The number of hydrogen-bond acceptors (Lipinski definition) is 19. The average Bonchev–Trinajstić information content (AvgIpc) is 1.64. The van der Waals surface area contributed by atoms with Crippen molar-refractivity contribution in [2.24, 2.45) is 23.5 Å². The molecule has 0 unspecified atom stereocenters. The van der Waals surface area contributed by atoms with Gasteiger partial charge in [-0.3, -0.25) is 76.7 Å². The van der Waals surface area contributed by atoms with Crippen molar-refractivity contribution in [2.45, 2.75) is 237 Å². The number of unbranched alkanes of at least 4 members (excludes halogenated alkanes) is 2. The second-order valence-electron chi connectivity index (χ2n) is 34.0. The second kappa shape index (κ2) is 45.9. The smallest absolute Gasteiger partial charge is 0.246 e. The number of para-hydroxylation sites is 2. The normalized spacial score (nSPS) is 24.8. The third-order valence-electron chi connectivity index (χ3n) is 23.5. The van der Waals surface area contributed by atoms with Crippen LogP contribution in [0.5, 0.6) is 5.75 Å². The molecule has 0 bridgehead atoms. The van der Waals surface area contributed by atoms with Gasteiger partial charge in [-0.15, -0.1) is 0 Å². The summed E-state index contributed by atoms with van der Waals surface area (Å²) in [7, 11) is 4.12. The van der Waals surface area contributed by atoms with Gasteiger partial charge in [0.25, 0.3) is 0 Å². The van der Waals surface area contributed by atoms with Gasteiger partial charge in [-0.05, 0) is 105 Å². The summed E-state index contributed by atoms with van der Waals surface area (Å²) < 4.78 is 0. The highest BCUT2D eigenvalue weighted by Crippen LogP contribution is 2.30. The second-order valence-corrected chi connectivity index (χ2v) is 34.0. The fraction of sp³-hybridized carbons (Fsp3) is 0.539. The number of rotatable bonds is 20. The summed E-state index contributed by atoms with van der Waals surface area (Å²) in [6, 6.07) is 4.99. The number of likely N-dealkylation sites (N-methyl/N-ethyl adjacent to an activating group) is 3. The van der Waals surface area contributed by atoms with E-state index < -0.39 is 205 Å². The van der Waals surface area contributed by atoms with Crippen LogP contribution in [-0.4, -0.2) is 275 Å². The van der Waals surface area contributed by atoms with Crippen LogP contribution in [0.3, 0.4) is 0 Å². The lowest BCUT2D eigenvalue weighted by Crippen LogP contribution is -2.60. The number of aromatic hydroxyl groups is 1. The van der Waals surface area contributed by atoms with Crippen molar-refractivity contribution in [2.75, 3.05) is 53.9 Å². The van der Waals surface area contributed by atoms with E-state index in [9.17, 15) is 58.2 Å². The first-order valence-electron chi connectivity index (χ1n) is 43.4.